The molecule has 1 aliphatic carbocycles. The number of hydrogen-bond acceptors (Lipinski definition) is 4. The first-order valence-corrected chi connectivity index (χ1v) is 9.64. The zero-order valence-corrected chi connectivity index (χ0v) is 12.9. The predicted octanol–water partition coefficient (Wildman–Crippen LogP) is 2.28. The van der Waals surface area contributed by atoms with Crippen LogP contribution in [0.25, 0.3) is 0 Å². The minimum absolute atomic E-state index is 0.141. The quantitative estimate of drug-likeness (QED) is 0.858. The fourth-order valence-electron chi connectivity index (χ4n) is 2.50. The minimum Gasteiger partial charge on any atom is -0.254 e. The Kier molecular flexibility index (Phi) is 4.61. The highest BCUT2D eigenvalue weighted by Gasteiger charge is 2.30. The van der Waals surface area contributed by atoms with Gasteiger partial charge in [0.2, 0.25) is 0 Å². The Hall–Kier alpha value is -1.19. The van der Waals surface area contributed by atoms with Gasteiger partial charge in [0.05, 0.1) is 32.9 Å². The van der Waals surface area contributed by atoms with Crippen molar-refractivity contribution in [1.29, 1.82) is 5.26 Å². The molecule has 3 atom stereocenters. The van der Waals surface area contributed by atoms with Crippen molar-refractivity contribution in [3.05, 3.63) is 24.3 Å². The van der Waals surface area contributed by atoms with E-state index in [1.165, 1.54) is 12.1 Å². The van der Waals surface area contributed by atoms with Crippen LogP contribution in [-0.2, 0) is 20.6 Å². The molecule has 3 unspecified atom stereocenters. The van der Waals surface area contributed by atoms with Gasteiger partial charge in [0.1, 0.15) is 0 Å². The molecule has 0 spiro atoms. The summed E-state index contributed by atoms with van der Waals surface area (Å²) in [7, 11) is -4.49. The average Bonchev–Trinajstić information content (AvgIpc) is 2.45. The summed E-state index contributed by atoms with van der Waals surface area (Å²) >= 11 is 0. The molecule has 6 heteroatoms. The zero-order chi connectivity index (χ0) is 14.8. The van der Waals surface area contributed by atoms with E-state index in [9.17, 15) is 12.6 Å². The Bertz CT molecular complexity index is 644. The lowest BCUT2D eigenvalue weighted by molar-refractivity contribution is 0.431. The van der Waals surface area contributed by atoms with Crippen LogP contribution in [0.1, 0.15) is 25.7 Å². The largest absolute Gasteiger partial charge is 0.254 e. The Morgan fingerprint density at radius 1 is 1.20 bits per heavy atom. The summed E-state index contributed by atoms with van der Waals surface area (Å²) in [5.41, 5.74) is 0. The van der Waals surface area contributed by atoms with E-state index < -0.39 is 20.6 Å². The van der Waals surface area contributed by atoms with Crippen LogP contribution in [0.4, 0.5) is 0 Å². The van der Waals surface area contributed by atoms with Crippen LogP contribution >= 0.6 is 0 Å². The molecule has 0 amide bonds. The van der Waals surface area contributed by atoms with E-state index in [4.69, 9.17) is 5.26 Å². The second-order valence-corrected chi connectivity index (χ2v) is 8.79. The van der Waals surface area contributed by atoms with E-state index in [2.05, 4.69) is 6.07 Å². The maximum Gasteiger partial charge on any atom is 0.175 e. The maximum absolute atomic E-state index is 12.5. The second-order valence-electron chi connectivity index (χ2n) is 5.10. The smallest absolute Gasteiger partial charge is 0.175 e. The number of nitrogens with zero attached hydrogens (tertiary/aromatic N) is 1. The summed E-state index contributed by atoms with van der Waals surface area (Å²) in [5.74, 6) is -0.167. The number of nitriles is 1. The van der Waals surface area contributed by atoms with Crippen LogP contribution in [0, 0.1) is 17.2 Å². The van der Waals surface area contributed by atoms with Crippen molar-refractivity contribution in [2.45, 2.75) is 40.7 Å². The molecule has 0 saturated heterocycles. The van der Waals surface area contributed by atoms with Gasteiger partial charge in [0, 0.05) is 11.2 Å². The third-order valence-electron chi connectivity index (χ3n) is 3.63. The van der Waals surface area contributed by atoms with Crippen LogP contribution < -0.4 is 0 Å². The molecule has 108 valence electrons. The third-order valence-corrected chi connectivity index (χ3v) is 6.61. The predicted molar refractivity (Wildman–Crippen MR) is 77.3 cm³/mol. The molecule has 1 saturated carbocycles. The number of sulfone groups is 1. The second kappa shape index (κ2) is 6.06. The van der Waals surface area contributed by atoms with Crippen molar-refractivity contribution < 1.29 is 12.6 Å². The van der Waals surface area contributed by atoms with E-state index in [0.717, 1.165) is 31.9 Å². The number of rotatable bonds is 3. The van der Waals surface area contributed by atoms with Gasteiger partial charge in [-0.05, 0) is 37.1 Å². The fraction of sp³-hybridized carbons (Fsp3) is 0.500. The summed E-state index contributed by atoms with van der Waals surface area (Å²) < 4.78 is 35.3. The Morgan fingerprint density at radius 2 is 1.80 bits per heavy atom. The van der Waals surface area contributed by atoms with Crippen molar-refractivity contribution in [3.8, 4) is 6.07 Å². The van der Waals surface area contributed by atoms with Gasteiger partial charge in [-0.15, -0.1) is 0 Å². The molecule has 2 rings (SSSR count). The van der Waals surface area contributed by atoms with Crippen molar-refractivity contribution in [2.75, 3.05) is 6.26 Å². The highest BCUT2D eigenvalue weighted by Crippen LogP contribution is 2.30. The van der Waals surface area contributed by atoms with Crippen LogP contribution in [0.2, 0.25) is 0 Å². The van der Waals surface area contributed by atoms with Gasteiger partial charge in [0.25, 0.3) is 0 Å². The third kappa shape index (κ3) is 3.28. The molecule has 0 heterocycles. The SMILES string of the molecule is CS(=O)(=O)c1ccc(S(=O)C2CCCCC2C#N)cc1. The van der Waals surface area contributed by atoms with E-state index >= 15 is 0 Å². The van der Waals surface area contributed by atoms with Crippen molar-refractivity contribution in [1.82, 2.24) is 0 Å². The molecule has 20 heavy (non-hydrogen) atoms. The van der Waals surface area contributed by atoms with Gasteiger partial charge in [-0.3, -0.25) is 4.21 Å². The first kappa shape index (κ1) is 15.2. The number of hydrogen-bond donors (Lipinski definition) is 0. The summed E-state index contributed by atoms with van der Waals surface area (Å²) in [6.07, 6.45) is 4.74. The summed E-state index contributed by atoms with van der Waals surface area (Å²) in [5, 5.41) is 9.00. The molecule has 0 aromatic heterocycles. The van der Waals surface area contributed by atoms with Crippen LogP contribution in [0.3, 0.4) is 0 Å². The fourth-order valence-corrected chi connectivity index (χ4v) is 4.76. The summed E-state index contributed by atoms with van der Waals surface area (Å²) in [6, 6.07) is 8.39. The lowest BCUT2D eigenvalue weighted by Crippen LogP contribution is -2.28. The van der Waals surface area contributed by atoms with Gasteiger partial charge in [0.15, 0.2) is 9.84 Å². The van der Waals surface area contributed by atoms with E-state index in [-0.39, 0.29) is 16.1 Å². The molecule has 0 aliphatic heterocycles. The Balaban J connectivity index is 2.23. The van der Waals surface area contributed by atoms with Gasteiger partial charge >= 0.3 is 0 Å². The maximum atomic E-state index is 12.5. The molecule has 1 aromatic rings. The van der Waals surface area contributed by atoms with Crippen molar-refractivity contribution in [3.63, 3.8) is 0 Å². The van der Waals surface area contributed by atoms with E-state index in [1.807, 2.05) is 0 Å². The first-order valence-electron chi connectivity index (χ1n) is 6.54. The van der Waals surface area contributed by atoms with Gasteiger partial charge in [-0.25, -0.2) is 8.42 Å². The molecule has 0 bridgehead atoms. The normalized spacial score (nSPS) is 24.8. The average molecular weight is 311 g/mol. The highest BCUT2D eigenvalue weighted by atomic mass is 32.2. The minimum atomic E-state index is -3.24. The molecule has 1 aromatic carbocycles. The van der Waals surface area contributed by atoms with Crippen molar-refractivity contribution in [2.24, 2.45) is 5.92 Å². The zero-order valence-electron chi connectivity index (χ0n) is 11.3. The molecule has 4 nitrogen and oxygen atoms in total. The van der Waals surface area contributed by atoms with Crippen LogP contribution in [-0.4, -0.2) is 24.1 Å². The molecular formula is C14H17NO3S2. The molecule has 1 aliphatic rings. The molecule has 0 radical (unpaired) electrons. The number of benzene rings is 1. The van der Waals surface area contributed by atoms with E-state index in [1.54, 1.807) is 12.1 Å². The van der Waals surface area contributed by atoms with Gasteiger partial charge in [-0.2, -0.15) is 5.26 Å². The summed E-state index contributed by atoms with van der Waals surface area (Å²) in [6.45, 7) is 0. The molecule has 0 N–H and O–H groups in total. The van der Waals surface area contributed by atoms with Crippen LogP contribution in [0.15, 0.2) is 34.1 Å². The lowest BCUT2D eigenvalue weighted by Gasteiger charge is -2.25. The van der Waals surface area contributed by atoms with Gasteiger partial charge < -0.3 is 0 Å². The van der Waals surface area contributed by atoms with E-state index in [0.29, 0.717) is 4.90 Å². The monoisotopic (exact) mass is 311 g/mol. The molecule has 1 fully saturated rings. The Morgan fingerprint density at radius 3 is 2.35 bits per heavy atom. The molecular weight excluding hydrogens is 294 g/mol. The van der Waals surface area contributed by atoms with Gasteiger partial charge in [-0.1, -0.05) is 12.8 Å². The van der Waals surface area contributed by atoms with Crippen molar-refractivity contribution >= 4 is 20.6 Å². The first-order chi connectivity index (χ1) is 9.43. The topological polar surface area (TPSA) is 75.0 Å². The van der Waals surface area contributed by atoms with Crippen LogP contribution in [0.5, 0.6) is 0 Å². The lowest BCUT2D eigenvalue weighted by atomic mass is 9.90. The Labute approximate surface area is 122 Å². The summed E-state index contributed by atoms with van der Waals surface area (Å²) in [4.78, 5) is 0.822. The standard InChI is InChI=1S/C14H17NO3S2/c1-20(17,18)13-8-6-12(7-9-13)19(16)14-5-3-2-4-11(14)10-15/h6-9,11,14H,2-5H2,1H3. The highest BCUT2D eigenvalue weighted by molar-refractivity contribution is 7.90.